The number of likely N-dealkylation sites (tertiary alicyclic amines) is 1. The number of rotatable bonds is 2. The zero-order chi connectivity index (χ0) is 14.1. The van der Waals surface area contributed by atoms with Crippen LogP contribution in [0.3, 0.4) is 0 Å². The molecule has 20 heavy (non-hydrogen) atoms. The molecule has 2 aliphatic rings. The zero-order valence-electron chi connectivity index (χ0n) is 11.0. The van der Waals surface area contributed by atoms with E-state index < -0.39 is 0 Å². The number of nitrogens with zero attached hydrogens (tertiary/aromatic N) is 2. The summed E-state index contributed by atoms with van der Waals surface area (Å²) >= 11 is 0. The number of morpholine rings is 1. The Morgan fingerprint density at radius 2 is 1.95 bits per heavy atom. The minimum Gasteiger partial charge on any atom is -0.409 e. The molecule has 2 aliphatic heterocycles. The number of amides is 1. The Kier molecular flexibility index (Phi) is 3.31. The lowest BCUT2D eigenvalue weighted by Crippen LogP contribution is -2.45. The Labute approximate surface area is 116 Å². The van der Waals surface area contributed by atoms with Gasteiger partial charge in [-0.3, -0.25) is 4.79 Å². The van der Waals surface area contributed by atoms with Crippen LogP contribution in [0.25, 0.3) is 0 Å². The van der Waals surface area contributed by atoms with Gasteiger partial charge in [-0.2, -0.15) is 0 Å². The van der Waals surface area contributed by atoms with Crippen LogP contribution in [0.4, 0.5) is 0 Å². The van der Waals surface area contributed by atoms with Gasteiger partial charge in [0.2, 0.25) is 0 Å². The lowest BCUT2D eigenvalue weighted by Gasteiger charge is -2.32. The maximum Gasteiger partial charge on any atom is 0.254 e. The summed E-state index contributed by atoms with van der Waals surface area (Å²) in [6.07, 6.45) is 2.40. The van der Waals surface area contributed by atoms with Crippen LogP contribution in [-0.2, 0) is 4.74 Å². The fourth-order valence-corrected chi connectivity index (χ4v) is 2.83. The van der Waals surface area contributed by atoms with Crippen molar-refractivity contribution in [3.63, 3.8) is 0 Å². The Balaban J connectivity index is 1.80. The van der Waals surface area contributed by atoms with E-state index in [1.54, 1.807) is 24.3 Å². The first-order valence-corrected chi connectivity index (χ1v) is 6.70. The minimum atomic E-state index is -0.0298. The van der Waals surface area contributed by atoms with Crippen molar-refractivity contribution in [2.45, 2.75) is 25.0 Å². The molecule has 2 atom stereocenters. The van der Waals surface area contributed by atoms with Crippen molar-refractivity contribution in [2.24, 2.45) is 10.9 Å². The molecule has 3 N–H and O–H groups in total. The number of hydrogen-bond donors (Lipinski definition) is 2. The number of carbonyl (C=O) groups is 1. The van der Waals surface area contributed by atoms with Crippen molar-refractivity contribution in [1.82, 2.24) is 4.90 Å². The molecule has 2 heterocycles. The van der Waals surface area contributed by atoms with Gasteiger partial charge in [0.1, 0.15) is 0 Å². The molecule has 106 valence electrons. The summed E-state index contributed by atoms with van der Waals surface area (Å²) < 4.78 is 5.73. The second kappa shape index (κ2) is 5.13. The molecule has 0 spiro atoms. The van der Waals surface area contributed by atoms with Crippen molar-refractivity contribution in [1.29, 1.82) is 0 Å². The van der Waals surface area contributed by atoms with Crippen molar-refractivity contribution in [2.75, 3.05) is 13.1 Å². The summed E-state index contributed by atoms with van der Waals surface area (Å²) in [5.74, 6) is -0.0283. The SMILES string of the molecule is NC(=NO)c1cccc(C(=O)N2CC3CCC(C2)O3)c1. The predicted octanol–water partition coefficient (Wildman–Crippen LogP) is 0.784. The molecule has 1 aromatic rings. The van der Waals surface area contributed by atoms with Crippen LogP contribution >= 0.6 is 0 Å². The molecule has 2 fully saturated rings. The topological polar surface area (TPSA) is 88.2 Å². The lowest BCUT2D eigenvalue weighted by atomic mass is 10.1. The fourth-order valence-electron chi connectivity index (χ4n) is 2.83. The molecule has 0 aliphatic carbocycles. The highest BCUT2D eigenvalue weighted by Crippen LogP contribution is 2.27. The van der Waals surface area contributed by atoms with E-state index in [1.807, 2.05) is 4.90 Å². The van der Waals surface area contributed by atoms with Gasteiger partial charge < -0.3 is 20.6 Å². The number of hydrogen-bond acceptors (Lipinski definition) is 4. The average molecular weight is 275 g/mol. The smallest absolute Gasteiger partial charge is 0.254 e. The molecular weight excluding hydrogens is 258 g/mol. The molecule has 0 radical (unpaired) electrons. The Morgan fingerprint density at radius 1 is 1.30 bits per heavy atom. The third-order valence-corrected chi connectivity index (χ3v) is 3.84. The van der Waals surface area contributed by atoms with Gasteiger partial charge >= 0.3 is 0 Å². The minimum absolute atomic E-state index is 0.00157. The summed E-state index contributed by atoms with van der Waals surface area (Å²) in [5.41, 5.74) is 6.64. The van der Waals surface area contributed by atoms with Gasteiger partial charge in [-0.05, 0) is 25.0 Å². The van der Waals surface area contributed by atoms with Gasteiger partial charge in [0.15, 0.2) is 5.84 Å². The number of benzene rings is 1. The molecule has 1 amide bonds. The van der Waals surface area contributed by atoms with E-state index in [9.17, 15) is 4.79 Å². The van der Waals surface area contributed by atoms with Gasteiger partial charge in [0.05, 0.1) is 12.2 Å². The van der Waals surface area contributed by atoms with E-state index >= 15 is 0 Å². The Hall–Kier alpha value is -2.08. The number of ether oxygens (including phenoxy) is 1. The molecule has 0 aromatic heterocycles. The average Bonchev–Trinajstić information content (AvgIpc) is 2.84. The summed E-state index contributed by atoms with van der Waals surface area (Å²) in [5, 5.41) is 11.7. The fraction of sp³-hybridized carbons (Fsp3) is 0.429. The number of carbonyl (C=O) groups excluding carboxylic acids is 1. The van der Waals surface area contributed by atoms with Crippen molar-refractivity contribution >= 4 is 11.7 Å². The third kappa shape index (κ3) is 2.34. The van der Waals surface area contributed by atoms with E-state index in [4.69, 9.17) is 15.7 Å². The van der Waals surface area contributed by atoms with E-state index in [0.29, 0.717) is 24.2 Å². The number of nitrogens with two attached hydrogens (primary N) is 1. The van der Waals surface area contributed by atoms with Crippen molar-refractivity contribution in [3.8, 4) is 0 Å². The predicted molar refractivity (Wildman–Crippen MR) is 72.8 cm³/mol. The second-order valence-corrected chi connectivity index (χ2v) is 5.23. The standard InChI is InChI=1S/C14H17N3O3/c15-13(16-19)9-2-1-3-10(6-9)14(18)17-7-11-4-5-12(8-17)20-11/h1-3,6,11-12,19H,4-5,7-8H2,(H2,15,16). The molecular formula is C14H17N3O3. The highest BCUT2D eigenvalue weighted by atomic mass is 16.5. The highest BCUT2D eigenvalue weighted by Gasteiger charge is 2.35. The van der Waals surface area contributed by atoms with E-state index in [0.717, 1.165) is 12.8 Å². The first-order chi connectivity index (χ1) is 9.67. The highest BCUT2D eigenvalue weighted by molar-refractivity contribution is 6.01. The van der Waals surface area contributed by atoms with Crippen LogP contribution in [0.15, 0.2) is 29.4 Å². The molecule has 0 saturated carbocycles. The molecule has 6 nitrogen and oxygen atoms in total. The lowest BCUT2D eigenvalue weighted by molar-refractivity contribution is -0.0303. The molecule has 2 bridgehead atoms. The molecule has 2 unspecified atom stereocenters. The van der Waals surface area contributed by atoms with Crippen molar-refractivity contribution in [3.05, 3.63) is 35.4 Å². The van der Waals surface area contributed by atoms with Gasteiger partial charge in [0, 0.05) is 24.2 Å². The quantitative estimate of drug-likeness (QED) is 0.361. The molecule has 6 heteroatoms. The maximum atomic E-state index is 12.5. The Bertz CT molecular complexity index is 546. The number of oxime groups is 1. The number of amidine groups is 1. The van der Waals surface area contributed by atoms with Gasteiger partial charge in [-0.15, -0.1) is 0 Å². The summed E-state index contributed by atoms with van der Waals surface area (Å²) in [4.78, 5) is 14.3. The van der Waals surface area contributed by atoms with Gasteiger partial charge in [-0.1, -0.05) is 17.3 Å². The largest absolute Gasteiger partial charge is 0.409 e. The van der Waals surface area contributed by atoms with Crippen LogP contribution in [0.5, 0.6) is 0 Å². The first kappa shape index (κ1) is 12.9. The maximum absolute atomic E-state index is 12.5. The molecule has 3 rings (SSSR count). The monoisotopic (exact) mass is 275 g/mol. The van der Waals surface area contributed by atoms with Crippen molar-refractivity contribution < 1.29 is 14.7 Å². The first-order valence-electron chi connectivity index (χ1n) is 6.70. The molecule has 2 saturated heterocycles. The summed E-state index contributed by atoms with van der Waals surface area (Å²) in [6.45, 7) is 1.28. The summed E-state index contributed by atoms with van der Waals surface area (Å²) in [6, 6.07) is 6.83. The van der Waals surface area contributed by atoms with Crippen LogP contribution in [0.2, 0.25) is 0 Å². The van der Waals surface area contributed by atoms with E-state index in [2.05, 4.69) is 5.16 Å². The van der Waals surface area contributed by atoms with Gasteiger partial charge in [-0.25, -0.2) is 0 Å². The van der Waals surface area contributed by atoms with Gasteiger partial charge in [0.25, 0.3) is 5.91 Å². The summed E-state index contributed by atoms with van der Waals surface area (Å²) in [7, 11) is 0. The van der Waals surface area contributed by atoms with E-state index in [-0.39, 0.29) is 24.0 Å². The van der Waals surface area contributed by atoms with E-state index in [1.165, 1.54) is 0 Å². The van der Waals surface area contributed by atoms with Crippen LogP contribution in [-0.4, -0.2) is 47.1 Å². The number of fused-ring (bicyclic) bond motifs is 2. The molecule has 1 aromatic carbocycles. The van der Waals surface area contributed by atoms with Crippen LogP contribution in [0.1, 0.15) is 28.8 Å². The normalized spacial score (nSPS) is 25.8. The van der Waals surface area contributed by atoms with Crippen LogP contribution in [0, 0.1) is 0 Å². The zero-order valence-corrected chi connectivity index (χ0v) is 11.0. The van der Waals surface area contributed by atoms with Crippen LogP contribution < -0.4 is 5.73 Å². The third-order valence-electron chi connectivity index (χ3n) is 3.84. The Morgan fingerprint density at radius 3 is 2.60 bits per heavy atom. The second-order valence-electron chi connectivity index (χ2n) is 5.23.